The summed E-state index contributed by atoms with van der Waals surface area (Å²) in [6.07, 6.45) is 0. The fourth-order valence-electron chi connectivity index (χ4n) is 2.59. The van der Waals surface area contributed by atoms with Crippen molar-refractivity contribution >= 4 is 0 Å². The summed E-state index contributed by atoms with van der Waals surface area (Å²) < 4.78 is 0. The molecule has 0 fully saturated rings. The fraction of sp³-hybridized carbons (Fsp3) is 0.462. The van der Waals surface area contributed by atoms with E-state index >= 15 is 0 Å². The van der Waals surface area contributed by atoms with E-state index in [2.05, 4.69) is 45.1 Å². The van der Waals surface area contributed by atoms with Crippen molar-refractivity contribution in [2.24, 2.45) is 0 Å². The van der Waals surface area contributed by atoms with Crippen LogP contribution in [0.1, 0.15) is 44.4 Å². The van der Waals surface area contributed by atoms with Crippen molar-refractivity contribution in [3.63, 3.8) is 0 Å². The molecule has 0 saturated heterocycles. The Kier molecular flexibility index (Phi) is 1.93. The van der Waals surface area contributed by atoms with Crippen LogP contribution in [0.15, 0.2) is 18.2 Å². The predicted molar refractivity (Wildman–Crippen MR) is 60.3 cm³/mol. The molecule has 1 aliphatic heterocycles. The zero-order valence-corrected chi connectivity index (χ0v) is 9.68. The molecule has 2 heteroatoms. The SMILES string of the molecule is CC1(C)NC(C)(C)c2cc(C#N)ccc21. The van der Waals surface area contributed by atoms with E-state index in [0.717, 1.165) is 5.56 Å². The van der Waals surface area contributed by atoms with Gasteiger partial charge in [0, 0.05) is 11.1 Å². The molecule has 1 aromatic carbocycles. The second-order valence-electron chi connectivity index (χ2n) is 5.25. The van der Waals surface area contributed by atoms with Gasteiger partial charge in [0.25, 0.3) is 0 Å². The van der Waals surface area contributed by atoms with Crippen LogP contribution in [0.4, 0.5) is 0 Å². The molecule has 0 saturated carbocycles. The average molecular weight is 200 g/mol. The van der Waals surface area contributed by atoms with Gasteiger partial charge < -0.3 is 0 Å². The van der Waals surface area contributed by atoms with Crippen LogP contribution in [0.2, 0.25) is 0 Å². The number of fused-ring (bicyclic) bond motifs is 1. The van der Waals surface area contributed by atoms with Crippen LogP contribution in [0.25, 0.3) is 0 Å². The Bertz CT molecular complexity index is 450. The van der Waals surface area contributed by atoms with E-state index in [1.165, 1.54) is 11.1 Å². The highest BCUT2D eigenvalue weighted by molar-refractivity contribution is 5.47. The maximum Gasteiger partial charge on any atom is 0.0991 e. The van der Waals surface area contributed by atoms with Gasteiger partial charge in [0.2, 0.25) is 0 Å². The first-order valence-corrected chi connectivity index (χ1v) is 5.21. The lowest BCUT2D eigenvalue weighted by atomic mass is 9.89. The summed E-state index contributed by atoms with van der Waals surface area (Å²) in [6, 6.07) is 8.15. The van der Waals surface area contributed by atoms with E-state index < -0.39 is 0 Å². The van der Waals surface area contributed by atoms with Crippen molar-refractivity contribution in [2.75, 3.05) is 0 Å². The molecule has 2 rings (SSSR count). The quantitative estimate of drug-likeness (QED) is 0.698. The molecule has 0 aromatic heterocycles. The van der Waals surface area contributed by atoms with Crippen LogP contribution < -0.4 is 5.32 Å². The second kappa shape index (κ2) is 2.84. The van der Waals surface area contributed by atoms with Crippen LogP contribution in [0.3, 0.4) is 0 Å². The van der Waals surface area contributed by atoms with Crippen LogP contribution in [0, 0.1) is 11.3 Å². The molecule has 15 heavy (non-hydrogen) atoms. The lowest BCUT2D eigenvalue weighted by Gasteiger charge is -2.25. The van der Waals surface area contributed by atoms with Crippen LogP contribution >= 0.6 is 0 Å². The fourth-order valence-corrected chi connectivity index (χ4v) is 2.59. The van der Waals surface area contributed by atoms with Crippen LogP contribution in [-0.4, -0.2) is 0 Å². The molecule has 0 aliphatic carbocycles. The maximum absolute atomic E-state index is 8.90. The van der Waals surface area contributed by atoms with Gasteiger partial charge in [-0.15, -0.1) is 0 Å². The Morgan fingerprint density at radius 2 is 1.67 bits per heavy atom. The van der Waals surface area contributed by atoms with E-state index in [1.54, 1.807) is 0 Å². The van der Waals surface area contributed by atoms with Gasteiger partial charge in [0.05, 0.1) is 11.6 Å². The minimum absolute atomic E-state index is 0.00712. The molecule has 1 N–H and O–H groups in total. The molecule has 78 valence electrons. The number of benzene rings is 1. The summed E-state index contributed by atoms with van der Waals surface area (Å²) >= 11 is 0. The van der Waals surface area contributed by atoms with E-state index in [-0.39, 0.29) is 11.1 Å². The number of hydrogen-bond acceptors (Lipinski definition) is 2. The van der Waals surface area contributed by atoms with Crippen molar-refractivity contribution in [3.8, 4) is 6.07 Å². The third-order valence-corrected chi connectivity index (χ3v) is 3.12. The number of nitrogens with one attached hydrogen (secondary N) is 1. The van der Waals surface area contributed by atoms with Gasteiger partial charge in [0.15, 0.2) is 0 Å². The van der Waals surface area contributed by atoms with Crippen molar-refractivity contribution in [1.82, 2.24) is 5.32 Å². The van der Waals surface area contributed by atoms with Gasteiger partial charge in [-0.05, 0) is 51.0 Å². The first-order valence-electron chi connectivity index (χ1n) is 5.21. The topological polar surface area (TPSA) is 35.8 Å². The highest BCUT2D eigenvalue weighted by Crippen LogP contribution is 2.40. The lowest BCUT2D eigenvalue weighted by molar-refractivity contribution is 0.319. The summed E-state index contributed by atoms with van der Waals surface area (Å²) in [7, 11) is 0. The minimum atomic E-state index is -0.0499. The van der Waals surface area contributed by atoms with Crippen LogP contribution in [-0.2, 0) is 11.1 Å². The number of nitrogens with zero attached hydrogens (tertiary/aromatic N) is 1. The highest BCUT2D eigenvalue weighted by atomic mass is 15.1. The van der Waals surface area contributed by atoms with Gasteiger partial charge >= 0.3 is 0 Å². The molecule has 0 radical (unpaired) electrons. The van der Waals surface area contributed by atoms with E-state index in [0.29, 0.717) is 0 Å². The first kappa shape index (κ1) is 10.2. The number of rotatable bonds is 0. The summed E-state index contributed by atoms with van der Waals surface area (Å²) in [5, 5.41) is 12.5. The van der Waals surface area contributed by atoms with E-state index in [4.69, 9.17) is 5.26 Å². The number of hydrogen-bond donors (Lipinski definition) is 1. The molecule has 1 aromatic rings. The van der Waals surface area contributed by atoms with Gasteiger partial charge in [-0.2, -0.15) is 5.26 Å². The average Bonchev–Trinajstić information content (AvgIpc) is 2.32. The summed E-state index contributed by atoms with van der Waals surface area (Å²) in [6.45, 7) is 8.66. The summed E-state index contributed by atoms with van der Waals surface area (Å²) in [4.78, 5) is 0. The number of nitriles is 1. The zero-order valence-electron chi connectivity index (χ0n) is 9.68. The Balaban J connectivity index is 2.67. The molecule has 0 spiro atoms. The minimum Gasteiger partial charge on any atom is -0.299 e. The molecule has 1 heterocycles. The monoisotopic (exact) mass is 200 g/mol. The molecule has 0 bridgehead atoms. The normalized spacial score (nSPS) is 20.7. The summed E-state index contributed by atoms with van der Waals surface area (Å²) in [5.74, 6) is 0. The maximum atomic E-state index is 8.90. The second-order valence-corrected chi connectivity index (χ2v) is 5.25. The third kappa shape index (κ3) is 1.44. The Labute approximate surface area is 90.9 Å². The smallest absolute Gasteiger partial charge is 0.0991 e. The van der Waals surface area contributed by atoms with Crippen molar-refractivity contribution < 1.29 is 0 Å². The largest absolute Gasteiger partial charge is 0.299 e. The zero-order chi connectivity index (χ0) is 11.3. The van der Waals surface area contributed by atoms with Gasteiger partial charge in [0.1, 0.15) is 0 Å². The molecule has 2 nitrogen and oxygen atoms in total. The Hall–Kier alpha value is -1.33. The first-order chi connectivity index (χ1) is 6.87. The molecular weight excluding hydrogens is 184 g/mol. The third-order valence-electron chi connectivity index (χ3n) is 3.12. The van der Waals surface area contributed by atoms with Crippen molar-refractivity contribution in [1.29, 1.82) is 5.26 Å². The van der Waals surface area contributed by atoms with Gasteiger partial charge in [-0.25, -0.2) is 0 Å². The highest BCUT2D eigenvalue weighted by Gasteiger charge is 2.40. The van der Waals surface area contributed by atoms with Gasteiger partial charge in [-0.1, -0.05) is 6.07 Å². The molecule has 1 aliphatic rings. The Morgan fingerprint density at radius 1 is 1.07 bits per heavy atom. The van der Waals surface area contributed by atoms with Gasteiger partial charge in [-0.3, -0.25) is 5.32 Å². The lowest BCUT2D eigenvalue weighted by Crippen LogP contribution is -2.39. The van der Waals surface area contributed by atoms with Crippen LogP contribution in [0.5, 0.6) is 0 Å². The van der Waals surface area contributed by atoms with Crippen molar-refractivity contribution in [2.45, 2.75) is 38.8 Å². The predicted octanol–water partition coefficient (Wildman–Crippen LogP) is 2.63. The molecule has 0 amide bonds. The standard InChI is InChI=1S/C13H16N2/c1-12(2)10-6-5-9(8-14)7-11(10)13(3,4)15-12/h5-7,15H,1-4H3. The van der Waals surface area contributed by atoms with E-state index in [9.17, 15) is 0 Å². The summed E-state index contributed by atoms with van der Waals surface area (Å²) in [5.41, 5.74) is 3.22. The van der Waals surface area contributed by atoms with E-state index in [1.807, 2.05) is 12.1 Å². The Morgan fingerprint density at radius 3 is 2.27 bits per heavy atom. The van der Waals surface area contributed by atoms with Crippen molar-refractivity contribution in [3.05, 3.63) is 34.9 Å². The molecule has 0 atom stereocenters. The molecule has 0 unspecified atom stereocenters. The molecular formula is C13H16N2.